The lowest BCUT2D eigenvalue weighted by atomic mass is 10.1. The van der Waals surface area contributed by atoms with E-state index in [-0.39, 0.29) is 18.0 Å². The maximum absolute atomic E-state index is 10.7. The smallest absolute Gasteiger partial charge is 0.333 e. The summed E-state index contributed by atoms with van der Waals surface area (Å²) in [6.45, 7) is 9.69. The fourth-order valence-electron chi connectivity index (χ4n) is 0.741. The predicted molar refractivity (Wildman–Crippen MR) is 66.0 cm³/mol. The molecule has 2 atom stereocenters. The lowest BCUT2D eigenvalue weighted by Gasteiger charge is -2.07. The van der Waals surface area contributed by atoms with E-state index in [2.05, 4.69) is 6.58 Å². The molecule has 0 amide bonds. The molecule has 0 aromatic rings. The van der Waals surface area contributed by atoms with Gasteiger partial charge in [0.05, 0.1) is 6.61 Å². The van der Waals surface area contributed by atoms with E-state index >= 15 is 0 Å². The van der Waals surface area contributed by atoms with Gasteiger partial charge in [0.25, 0.3) is 0 Å². The summed E-state index contributed by atoms with van der Waals surface area (Å²) < 4.78 is 9.60. The van der Waals surface area contributed by atoms with Crippen LogP contribution in [0.3, 0.4) is 0 Å². The first kappa shape index (κ1) is 16.6. The number of ether oxygens (including phenoxy) is 2. The summed E-state index contributed by atoms with van der Waals surface area (Å²) in [6, 6.07) is -0.713. The third kappa shape index (κ3) is 7.81. The number of hydrogen-bond donors (Lipinski definition) is 2. The first-order valence-corrected chi connectivity index (χ1v) is 5.68. The molecule has 1 rings (SSSR count). The first-order chi connectivity index (χ1) is 8.25. The second-order valence-corrected chi connectivity index (χ2v) is 4.44. The van der Waals surface area contributed by atoms with Crippen molar-refractivity contribution in [1.82, 2.24) is 0 Å². The molecule has 18 heavy (non-hydrogen) atoms. The number of carboxylic acids is 1. The Morgan fingerprint density at radius 2 is 2.06 bits per heavy atom. The number of carboxylic acid groups (broad SMARTS) is 1. The van der Waals surface area contributed by atoms with Crippen molar-refractivity contribution in [3.8, 4) is 0 Å². The Hall–Kier alpha value is -1.40. The molecule has 6 nitrogen and oxygen atoms in total. The molecule has 0 spiro atoms. The maximum atomic E-state index is 10.7. The van der Waals surface area contributed by atoms with Crippen LogP contribution in [0.4, 0.5) is 0 Å². The zero-order valence-corrected chi connectivity index (χ0v) is 11.0. The van der Waals surface area contributed by atoms with Gasteiger partial charge < -0.3 is 20.3 Å². The molecule has 1 saturated heterocycles. The van der Waals surface area contributed by atoms with Crippen LogP contribution in [0.5, 0.6) is 0 Å². The van der Waals surface area contributed by atoms with Gasteiger partial charge in [0, 0.05) is 5.57 Å². The molecule has 1 unspecified atom stereocenters. The van der Waals surface area contributed by atoms with E-state index in [9.17, 15) is 9.59 Å². The molecule has 0 aromatic heterocycles. The molecule has 0 radical (unpaired) electrons. The van der Waals surface area contributed by atoms with E-state index < -0.39 is 12.0 Å². The molecule has 1 heterocycles. The second-order valence-electron chi connectivity index (χ2n) is 4.44. The average molecular weight is 259 g/mol. The number of rotatable bonds is 5. The van der Waals surface area contributed by atoms with Crippen LogP contribution in [0.15, 0.2) is 12.2 Å². The van der Waals surface area contributed by atoms with Crippen LogP contribution >= 0.6 is 0 Å². The van der Waals surface area contributed by atoms with Crippen molar-refractivity contribution in [2.24, 2.45) is 11.7 Å². The average Bonchev–Trinajstić information content (AvgIpc) is 3.08. The maximum Gasteiger partial charge on any atom is 0.333 e. The summed E-state index contributed by atoms with van der Waals surface area (Å²) in [5.74, 6) is -1.25. The van der Waals surface area contributed by atoms with Crippen molar-refractivity contribution in [3.63, 3.8) is 0 Å². The Morgan fingerprint density at radius 1 is 1.56 bits per heavy atom. The van der Waals surface area contributed by atoms with Crippen molar-refractivity contribution in [1.29, 1.82) is 0 Å². The van der Waals surface area contributed by atoms with Gasteiger partial charge in [-0.15, -0.1) is 0 Å². The molecular formula is C12H21NO5. The van der Waals surface area contributed by atoms with E-state index in [4.69, 9.17) is 20.3 Å². The van der Waals surface area contributed by atoms with Gasteiger partial charge in [-0.25, -0.2) is 4.79 Å². The second kappa shape index (κ2) is 7.84. The fraction of sp³-hybridized carbons (Fsp3) is 0.667. The van der Waals surface area contributed by atoms with Gasteiger partial charge in [-0.3, -0.25) is 4.79 Å². The highest BCUT2D eigenvalue weighted by Crippen LogP contribution is 2.09. The highest BCUT2D eigenvalue weighted by molar-refractivity contribution is 5.86. The molecule has 0 aliphatic carbocycles. The minimum Gasteiger partial charge on any atom is -0.480 e. The number of aliphatic carboxylic acids is 1. The summed E-state index contributed by atoms with van der Waals surface area (Å²) in [6.07, 6.45) is 0.142. The molecule has 0 aromatic carbocycles. The van der Waals surface area contributed by atoms with E-state index in [1.165, 1.54) is 0 Å². The van der Waals surface area contributed by atoms with E-state index in [0.717, 1.165) is 0 Å². The zero-order chi connectivity index (χ0) is 14.3. The van der Waals surface area contributed by atoms with Crippen molar-refractivity contribution in [2.75, 3.05) is 13.2 Å². The third-order valence-electron chi connectivity index (χ3n) is 2.15. The molecule has 1 fully saturated rings. The Kier molecular flexibility index (Phi) is 7.23. The topological polar surface area (TPSA) is 102 Å². The summed E-state index contributed by atoms with van der Waals surface area (Å²) in [5.41, 5.74) is 5.59. The molecule has 104 valence electrons. The molecular weight excluding hydrogens is 238 g/mol. The molecule has 3 N–H and O–H groups in total. The summed E-state index contributed by atoms with van der Waals surface area (Å²) in [4.78, 5) is 20.7. The van der Waals surface area contributed by atoms with Crippen molar-refractivity contribution in [2.45, 2.75) is 32.9 Å². The highest BCUT2D eigenvalue weighted by atomic mass is 16.6. The molecule has 0 saturated carbocycles. The number of esters is 1. The van der Waals surface area contributed by atoms with Gasteiger partial charge in [-0.05, 0) is 12.8 Å². The van der Waals surface area contributed by atoms with Crippen LogP contribution in [0.25, 0.3) is 0 Å². The molecule has 6 heteroatoms. The fourth-order valence-corrected chi connectivity index (χ4v) is 0.741. The standard InChI is InChI=1S/C7H10O3.C5H11NO2/c1-5(2)7(8)10-4-6-3-9-6;1-3(2)4(6)5(7)8/h6H,1,3-4H2,2H3;3-4H,6H2,1-2H3,(H,7,8)/t;4-/m.0/s1. The van der Waals surface area contributed by atoms with Gasteiger partial charge in [-0.2, -0.15) is 0 Å². The van der Waals surface area contributed by atoms with Gasteiger partial charge in [0.2, 0.25) is 0 Å². The van der Waals surface area contributed by atoms with E-state index in [1.54, 1.807) is 20.8 Å². The largest absolute Gasteiger partial charge is 0.480 e. The van der Waals surface area contributed by atoms with E-state index in [1.807, 2.05) is 0 Å². The number of epoxide rings is 1. The van der Waals surface area contributed by atoms with Gasteiger partial charge in [0.15, 0.2) is 0 Å². The monoisotopic (exact) mass is 259 g/mol. The van der Waals surface area contributed by atoms with Crippen LogP contribution in [-0.4, -0.2) is 42.4 Å². The molecule has 0 bridgehead atoms. The number of nitrogens with two attached hydrogens (primary N) is 1. The summed E-state index contributed by atoms with van der Waals surface area (Å²) in [7, 11) is 0. The lowest BCUT2D eigenvalue weighted by Crippen LogP contribution is -2.34. The third-order valence-corrected chi connectivity index (χ3v) is 2.15. The van der Waals surface area contributed by atoms with E-state index in [0.29, 0.717) is 18.8 Å². The quantitative estimate of drug-likeness (QED) is 0.425. The number of carbonyl (C=O) groups excluding carboxylic acids is 1. The van der Waals surface area contributed by atoms with Crippen LogP contribution < -0.4 is 5.73 Å². The van der Waals surface area contributed by atoms with Crippen molar-refractivity contribution < 1.29 is 24.2 Å². The minimum atomic E-state index is -0.931. The molecule has 1 aliphatic heterocycles. The first-order valence-electron chi connectivity index (χ1n) is 5.68. The Morgan fingerprint density at radius 3 is 2.28 bits per heavy atom. The Balaban J connectivity index is 0.000000331. The Labute approximate surface area is 107 Å². The van der Waals surface area contributed by atoms with Crippen LogP contribution in [0.2, 0.25) is 0 Å². The number of carbonyl (C=O) groups is 2. The summed E-state index contributed by atoms with van der Waals surface area (Å²) in [5, 5.41) is 8.23. The lowest BCUT2D eigenvalue weighted by molar-refractivity contribution is -0.140. The SMILES string of the molecule is C=C(C)C(=O)OCC1CO1.CC(C)[C@H](N)C(=O)O. The predicted octanol–water partition coefficient (Wildman–Crippen LogP) is 0.559. The van der Waals surface area contributed by atoms with Gasteiger partial charge in [0.1, 0.15) is 18.8 Å². The van der Waals surface area contributed by atoms with Crippen LogP contribution in [0.1, 0.15) is 20.8 Å². The normalized spacial score (nSPS) is 18.4. The summed E-state index contributed by atoms with van der Waals surface area (Å²) >= 11 is 0. The van der Waals surface area contributed by atoms with Crippen LogP contribution in [-0.2, 0) is 19.1 Å². The van der Waals surface area contributed by atoms with Gasteiger partial charge >= 0.3 is 11.9 Å². The van der Waals surface area contributed by atoms with Crippen molar-refractivity contribution >= 4 is 11.9 Å². The minimum absolute atomic E-state index is 0.0208. The van der Waals surface area contributed by atoms with Gasteiger partial charge in [-0.1, -0.05) is 20.4 Å². The number of hydrogen-bond acceptors (Lipinski definition) is 5. The van der Waals surface area contributed by atoms with Crippen LogP contribution in [0, 0.1) is 5.92 Å². The van der Waals surface area contributed by atoms with Crippen molar-refractivity contribution in [3.05, 3.63) is 12.2 Å². The zero-order valence-electron chi connectivity index (χ0n) is 11.0. The Bertz CT molecular complexity index is 310. The molecule has 1 aliphatic rings. The highest BCUT2D eigenvalue weighted by Gasteiger charge is 2.24.